The molecule has 0 aliphatic heterocycles. The first-order valence-corrected chi connectivity index (χ1v) is 5.97. The Balaban J connectivity index is 0.00000324. The fourth-order valence-corrected chi connectivity index (χ4v) is 1.35. The molecule has 0 heterocycles. The number of halogens is 1. The Bertz CT molecular complexity index is 424. The van der Waals surface area contributed by atoms with E-state index in [2.05, 4.69) is 11.4 Å². The zero-order chi connectivity index (χ0) is 13.6. The van der Waals surface area contributed by atoms with Crippen molar-refractivity contribution in [2.75, 3.05) is 13.2 Å². The van der Waals surface area contributed by atoms with Gasteiger partial charge in [-0.15, -0.1) is 12.4 Å². The molecule has 1 aromatic rings. The molecule has 0 aromatic heterocycles. The van der Waals surface area contributed by atoms with Crippen molar-refractivity contribution in [3.8, 4) is 11.8 Å². The van der Waals surface area contributed by atoms with Crippen molar-refractivity contribution in [1.29, 1.82) is 5.26 Å². The van der Waals surface area contributed by atoms with Crippen LogP contribution in [-0.4, -0.2) is 29.9 Å². The van der Waals surface area contributed by atoms with E-state index in [1.807, 2.05) is 20.8 Å². The summed E-state index contributed by atoms with van der Waals surface area (Å²) in [7, 11) is 0. The summed E-state index contributed by atoms with van der Waals surface area (Å²) in [6, 6.07) is 9.05. The number of para-hydroxylation sites is 1. The van der Waals surface area contributed by atoms with Crippen LogP contribution in [0, 0.1) is 11.3 Å². The molecule has 106 valence electrons. The maximum Gasteiger partial charge on any atom is 0.137 e. The van der Waals surface area contributed by atoms with Crippen LogP contribution >= 0.6 is 12.4 Å². The summed E-state index contributed by atoms with van der Waals surface area (Å²) in [6.07, 6.45) is -0.601. The van der Waals surface area contributed by atoms with E-state index in [1.165, 1.54) is 0 Å². The minimum absolute atomic E-state index is 0. The topological polar surface area (TPSA) is 65.3 Å². The molecule has 0 saturated carbocycles. The number of rotatable bonds is 5. The van der Waals surface area contributed by atoms with E-state index < -0.39 is 6.10 Å². The van der Waals surface area contributed by atoms with Crippen LogP contribution in [0.2, 0.25) is 0 Å². The van der Waals surface area contributed by atoms with Gasteiger partial charge in [0.05, 0.1) is 5.56 Å². The highest BCUT2D eigenvalue weighted by Gasteiger charge is 2.13. The molecule has 4 nitrogen and oxygen atoms in total. The standard InChI is InChI=1S/C14H20N2O2.ClH/c1-14(2,3)16-9-12(17)10-18-13-7-5-4-6-11(13)8-15;/h4-7,12,16-17H,9-10H2,1-3H3;1H. The summed E-state index contributed by atoms with van der Waals surface area (Å²) in [5.74, 6) is 0.509. The van der Waals surface area contributed by atoms with Gasteiger partial charge < -0.3 is 15.2 Å². The molecular formula is C14H21ClN2O2. The van der Waals surface area contributed by atoms with Gasteiger partial charge in [0, 0.05) is 12.1 Å². The Hall–Kier alpha value is -1.28. The van der Waals surface area contributed by atoms with Crippen LogP contribution in [0.25, 0.3) is 0 Å². The average Bonchev–Trinajstić information content (AvgIpc) is 2.33. The molecule has 0 radical (unpaired) electrons. The summed E-state index contributed by atoms with van der Waals surface area (Å²) in [5, 5.41) is 21.8. The summed E-state index contributed by atoms with van der Waals surface area (Å²) in [6.45, 7) is 6.72. The van der Waals surface area contributed by atoms with Crippen LogP contribution in [-0.2, 0) is 0 Å². The zero-order valence-corrected chi connectivity index (χ0v) is 12.3. The van der Waals surface area contributed by atoms with Gasteiger partial charge in [0.25, 0.3) is 0 Å². The second kappa shape index (κ2) is 8.00. The van der Waals surface area contributed by atoms with Gasteiger partial charge in [-0.25, -0.2) is 0 Å². The number of aliphatic hydroxyl groups excluding tert-OH is 1. The monoisotopic (exact) mass is 284 g/mol. The summed E-state index contributed by atoms with van der Waals surface area (Å²) >= 11 is 0. The minimum atomic E-state index is -0.601. The normalized spacial score (nSPS) is 12.2. The van der Waals surface area contributed by atoms with Gasteiger partial charge in [-0.2, -0.15) is 5.26 Å². The molecule has 5 heteroatoms. The molecular weight excluding hydrogens is 264 g/mol. The van der Waals surface area contributed by atoms with Crippen LogP contribution in [0.15, 0.2) is 24.3 Å². The largest absolute Gasteiger partial charge is 0.489 e. The second-order valence-corrected chi connectivity index (χ2v) is 5.20. The van der Waals surface area contributed by atoms with Gasteiger partial charge in [-0.3, -0.25) is 0 Å². The number of hydrogen-bond acceptors (Lipinski definition) is 4. The third kappa shape index (κ3) is 7.02. The smallest absolute Gasteiger partial charge is 0.137 e. The van der Waals surface area contributed by atoms with Crippen molar-refractivity contribution in [3.05, 3.63) is 29.8 Å². The molecule has 0 fully saturated rings. The van der Waals surface area contributed by atoms with E-state index in [0.29, 0.717) is 17.9 Å². The van der Waals surface area contributed by atoms with E-state index in [9.17, 15) is 5.11 Å². The van der Waals surface area contributed by atoms with Crippen LogP contribution in [0.1, 0.15) is 26.3 Å². The summed E-state index contributed by atoms with van der Waals surface area (Å²) < 4.78 is 5.44. The fourth-order valence-electron chi connectivity index (χ4n) is 1.35. The molecule has 0 amide bonds. The first kappa shape index (κ1) is 17.7. The van der Waals surface area contributed by atoms with Crippen molar-refractivity contribution < 1.29 is 9.84 Å². The maximum atomic E-state index is 9.77. The van der Waals surface area contributed by atoms with E-state index in [4.69, 9.17) is 10.00 Å². The van der Waals surface area contributed by atoms with Gasteiger partial charge in [-0.05, 0) is 32.9 Å². The number of hydrogen-bond donors (Lipinski definition) is 2. The predicted molar refractivity (Wildman–Crippen MR) is 77.7 cm³/mol. The van der Waals surface area contributed by atoms with Crippen molar-refractivity contribution in [3.63, 3.8) is 0 Å². The predicted octanol–water partition coefficient (Wildman–Crippen LogP) is 2.11. The number of ether oxygens (including phenoxy) is 1. The number of benzene rings is 1. The van der Waals surface area contributed by atoms with Gasteiger partial charge in [0.1, 0.15) is 24.5 Å². The maximum absolute atomic E-state index is 9.77. The third-order valence-corrected chi connectivity index (χ3v) is 2.31. The lowest BCUT2D eigenvalue weighted by Gasteiger charge is -2.23. The number of nitrogens with one attached hydrogen (secondary N) is 1. The van der Waals surface area contributed by atoms with Crippen LogP contribution in [0.5, 0.6) is 5.75 Å². The van der Waals surface area contributed by atoms with E-state index >= 15 is 0 Å². The molecule has 2 N–H and O–H groups in total. The summed E-state index contributed by atoms with van der Waals surface area (Å²) in [4.78, 5) is 0. The Labute approximate surface area is 120 Å². The molecule has 0 aliphatic carbocycles. The number of nitriles is 1. The first-order valence-electron chi connectivity index (χ1n) is 5.97. The summed E-state index contributed by atoms with van der Waals surface area (Å²) in [5.41, 5.74) is 0.444. The van der Waals surface area contributed by atoms with E-state index in [0.717, 1.165) is 0 Å². The Kier molecular flexibility index (Phi) is 7.47. The molecule has 19 heavy (non-hydrogen) atoms. The van der Waals surface area contributed by atoms with Gasteiger partial charge >= 0.3 is 0 Å². The van der Waals surface area contributed by atoms with Crippen molar-refractivity contribution in [1.82, 2.24) is 5.32 Å². The quantitative estimate of drug-likeness (QED) is 0.869. The fraction of sp³-hybridized carbons (Fsp3) is 0.500. The number of aliphatic hydroxyl groups is 1. The molecule has 0 spiro atoms. The number of nitrogens with zero attached hydrogens (tertiary/aromatic N) is 1. The SMILES string of the molecule is CC(C)(C)NCC(O)COc1ccccc1C#N.Cl. The van der Waals surface area contributed by atoms with Crippen molar-refractivity contribution in [2.45, 2.75) is 32.4 Å². The zero-order valence-electron chi connectivity index (χ0n) is 11.5. The first-order chi connectivity index (χ1) is 8.42. The second-order valence-electron chi connectivity index (χ2n) is 5.20. The van der Waals surface area contributed by atoms with E-state index in [-0.39, 0.29) is 24.6 Å². The van der Waals surface area contributed by atoms with Gasteiger partial charge in [-0.1, -0.05) is 12.1 Å². The molecule has 0 saturated heterocycles. The van der Waals surface area contributed by atoms with Crippen LogP contribution < -0.4 is 10.1 Å². The Morgan fingerprint density at radius 1 is 1.37 bits per heavy atom. The highest BCUT2D eigenvalue weighted by molar-refractivity contribution is 5.85. The third-order valence-electron chi connectivity index (χ3n) is 2.31. The lowest BCUT2D eigenvalue weighted by atomic mass is 10.1. The average molecular weight is 285 g/mol. The lowest BCUT2D eigenvalue weighted by Crippen LogP contribution is -2.42. The van der Waals surface area contributed by atoms with E-state index in [1.54, 1.807) is 24.3 Å². The Morgan fingerprint density at radius 2 is 2.00 bits per heavy atom. The molecule has 1 atom stereocenters. The Morgan fingerprint density at radius 3 is 2.58 bits per heavy atom. The number of β-amino-alcohol motifs (C(OH)–C–C–N with tert-alkyl or cyclic N) is 1. The lowest BCUT2D eigenvalue weighted by molar-refractivity contribution is 0.0999. The molecule has 0 bridgehead atoms. The van der Waals surface area contributed by atoms with Gasteiger partial charge in [0.2, 0.25) is 0 Å². The van der Waals surface area contributed by atoms with Crippen LogP contribution in [0.4, 0.5) is 0 Å². The molecule has 0 aliphatic rings. The molecule has 1 unspecified atom stereocenters. The van der Waals surface area contributed by atoms with Crippen LogP contribution in [0.3, 0.4) is 0 Å². The molecule has 1 aromatic carbocycles. The van der Waals surface area contributed by atoms with Crippen molar-refractivity contribution >= 4 is 12.4 Å². The van der Waals surface area contributed by atoms with Gasteiger partial charge in [0.15, 0.2) is 0 Å². The van der Waals surface area contributed by atoms with Crippen molar-refractivity contribution in [2.24, 2.45) is 0 Å². The highest BCUT2D eigenvalue weighted by atomic mass is 35.5. The highest BCUT2D eigenvalue weighted by Crippen LogP contribution is 2.16. The molecule has 1 rings (SSSR count). The minimum Gasteiger partial charge on any atom is -0.489 e.